The Morgan fingerprint density at radius 1 is 1.27 bits per heavy atom. The first-order valence-corrected chi connectivity index (χ1v) is 4.37. The van der Waals surface area contributed by atoms with Crippen molar-refractivity contribution in [1.29, 1.82) is 0 Å². The quantitative estimate of drug-likeness (QED) is 0.399. The molecule has 2 rings (SSSR count). The number of hydrogen-bond acceptors (Lipinski definition) is 3. The van der Waals surface area contributed by atoms with Crippen LogP contribution in [0, 0.1) is 5.82 Å². The molecule has 3 nitrogen and oxygen atoms in total. The highest BCUT2D eigenvalue weighted by Gasteiger charge is 2.26. The lowest BCUT2D eigenvalue weighted by molar-refractivity contribution is -0.151. The third-order valence-electron chi connectivity index (χ3n) is 2.04. The zero-order valence-electron chi connectivity index (χ0n) is 7.70. The summed E-state index contributed by atoms with van der Waals surface area (Å²) in [5, 5.41) is 0. The van der Waals surface area contributed by atoms with E-state index in [2.05, 4.69) is 4.74 Å². The van der Waals surface area contributed by atoms with Gasteiger partial charge in [0.2, 0.25) is 0 Å². The molecule has 0 unspecified atom stereocenters. The second kappa shape index (κ2) is 3.65. The zero-order chi connectivity index (χ0) is 10.8. The van der Waals surface area contributed by atoms with Crippen LogP contribution in [0.25, 0.3) is 6.08 Å². The van der Waals surface area contributed by atoms with Gasteiger partial charge in [-0.15, -0.1) is 0 Å². The van der Waals surface area contributed by atoms with Crippen molar-refractivity contribution in [3.05, 3.63) is 41.2 Å². The minimum Gasteiger partial charge on any atom is -0.389 e. The van der Waals surface area contributed by atoms with Crippen molar-refractivity contribution in [1.82, 2.24) is 0 Å². The molecule has 15 heavy (non-hydrogen) atoms. The van der Waals surface area contributed by atoms with Crippen molar-refractivity contribution >= 4 is 18.0 Å². The van der Waals surface area contributed by atoms with Crippen LogP contribution in [0.2, 0.25) is 0 Å². The van der Waals surface area contributed by atoms with Crippen molar-refractivity contribution < 1.29 is 18.7 Å². The van der Waals surface area contributed by atoms with E-state index in [9.17, 15) is 14.0 Å². The molecule has 1 aliphatic heterocycles. The van der Waals surface area contributed by atoms with E-state index in [1.807, 2.05) is 0 Å². The van der Waals surface area contributed by atoms with Gasteiger partial charge >= 0.3 is 11.9 Å². The monoisotopic (exact) mass is 206 g/mol. The largest absolute Gasteiger partial charge is 0.389 e. The zero-order valence-corrected chi connectivity index (χ0v) is 7.70. The third kappa shape index (κ3) is 1.93. The smallest absolute Gasteiger partial charge is 0.342 e. The highest BCUT2D eigenvalue weighted by Crippen LogP contribution is 2.19. The summed E-state index contributed by atoms with van der Waals surface area (Å²) in [4.78, 5) is 21.8. The Labute approximate surface area is 85.2 Å². The van der Waals surface area contributed by atoms with Crippen molar-refractivity contribution in [2.24, 2.45) is 0 Å². The van der Waals surface area contributed by atoms with Gasteiger partial charge in [-0.2, -0.15) is 0 Å². The van der Waals surface area contributed by atoms with Gasteiger partial charge in [0.15, 0.2) is 0 Å². The summed E-state index contributed by atoms with van der Waals surface area (Å²) in [5.41, 5.74) is 0.462. The van der Waals surface area contributed by atoms with Crippen LogP contribution in [0.4, 0.5) is 4.39 Å². The van der Waals surface area contributed by atoms with Crippen LogP contribution in [0.3, 0.4) is 0 Å². The maximum absolute atomic E-state index is 13.2. The maximum atomic E-state index is 13.2. The number of rotatable bonds is 1. The molecule has 0 bridgehead atoms. The molecule has 1 aromatic carbocycles. The first-order valence-electron chi connectivity index (χ1n) is 4.37. The number of cyclic esters (lactones) is 2. The maximum Gasteiger partial charge on any atom is 0.342 e. The highest BCUT2D eigenvalue weighted by molar-refractivity contribution is 6.08. The lowest BCUT2D eigenvalue weighted by Gasteiger charge is -1.95. The van der Waals surface area contributed by atoms with E-state index in [0.29, 0.717) is 0 Å². The number of carbonyl (C=O) groups excluding carboxylic acids is 2. The fraction of sp³-hybridized carbons (Fsp3) is 0.0909. The van der Waals surface area contributed by atoms with E-state index in [0.717, 1.165) is 0 Å². The lowest BCUT2D eigenvalue weighted by Crippen LogP contribution is -1.97. The average molecular weight is 206 g/mol. The Morgan fingerprint density at radius 3 is 2.60 bits per heavy atom. The van der Waals surface area contributed by atoms with Gasteiger partial charge in [-0.05, 0) is 12.1 Å². The summed E-state index contributed by atoms with van der Waals surface area (Å²) >= 11 is 0. The Hall–Kier alpha value is -1.97. The van der Waals surface area contributed by atoms with Gasteiger partial charge in [-0.25, -0.2) is 9.18 Å². The number of halogens is 1. The van der Waals surface area contributed by atoms with Crippen molar-refractivity contribution in [2.45, 2.75) is 6.42 Å². The molecule has 1 heterocycles. The molecular weight excluding hydrogens is 199 g/mol. The number of hydrogen-bond donors (Lipinski definition) is 0. The van der Waals surface area contributed by atoms with Gasteiger partial charge in [0.05, 0.1) is 6.42 Å². The Morgan fingerprint density at radius 2 is 2.00 bits per heavy atom. The summed E-state index contributed by atoms with van der Waals surface area (Å²) in [7, 11) is 0. The molecular formula is C11H7FO3. The summed E-state index contributed by atoms with van der Waals surface area (Å²) in [5.74, 6) is -1.72. The summed E-state index contributed by atoms with van der Waals surface area (Å²) in [6.07, 6.45) is 1.25. The molecule has 0 N–H and O–H groups in total. The molecule has 1 fully saturated rings. The average Bonchev–Trinajstić information content (AvgIpc) is 2.49. The number of benzene rings is 1. The molecule has 76 valence electrons. The number of ether oxygens (including phenoxy) is 1. The number of esters is 2. The minimum absolute atomic E-state index is 0.0901. The Bertz CT molecular complexity index is 463. The topological polar surface area (TPSA) is 43.4 Å². The summed E-state index contributed by atoms with van der Waals surface area (Å²) in [6, 6.07) is 6.01. The van der Waals surface area contributed by atoms with Crippen LogP contribution in [0.15, 0.2) is 29.8 Å². The lowest BCUT2D eigenvalue weighted by atomic mass is 10.1. The van der Waals surface area contributed by atoms with Crippen LogP contribution in [-0.2, 0) is 14.3 Å². The van der Waals surface area contributed by atoms with Gasteiger partial charge in [0, 0.05) is 11.1 Å². The van der Waals surface area contributed by atoms with E-state index in [1.54, 1.807) is 12.1 Å². The van der Waals surface area contributed by atoms with Crippen LogP contribution in [-0.4, -0.2) is 11.9 Å². The molecule has 1 aliphatic rings. The molecule has 0 radical (unpaired) electrons. The molecule has 0 aliphatic carbocycles. The van der Waals surface area contributed by atoms with Gasteiger partial charge in [0.1, 0.15) is 5.82 Å². The second-order valence-corrected chi connectivity index (χ2v) is 3.13. The van der Waals surface area contributed by atoms with E-state index < -0.39 is 17.8 Å². The molecule has 0 saturated carbocycles. The van der Waals surface area contributed by atoms with Gasteiger partial charge in [0.25, 0.3) is 0 Å². The number of carbonyl (C=O) groups is 2. The molecule has 0 atom stereocenters. The summed E-state index contributed by atoms with van der Waals surface area (Å²) in [6.45, 7) is 0. The summed E-state index contributed by atoms with van der Waals surface area (Å²) < 4.78 is 17.5. The Balaban J connectivity index is 2.35. The van der Waals surface area contributed by atoms with E-state index in [1.165, 1.54) is 18.2 Å². The SMILES string of the molecule is O=C1CC(=Cc2ccccc2F)C(=O)O1. The standard InChI is InChI=1S/C11H7FO3/c12-9-4-2-1-3-7(9)5-8-6-10(13)15-11(8)14/h1-5H,6H2. The van der Waals surface area contributed by atoms with Crippen LogP contribution in [0.5, 0.6) is 0 Å². The van der Waals surface area contributed by atoms with Crippen LogP contribution < -0.4 is 0 Å². The van der Waals surface area contributed by atoms with E-state index in [4.69, 9.17) is 0 Å². The van der Waals surface area contributed by atoms with Crippen LogP contribution >= 0.6 is 0 Å². The molecule has 0 spiro atoms. The van der Waals surface area contributed by atoms with Gasteiger partial charge < -0.3 is 4.74 Å². The first kappa shape index (κ1) is 9.58. The molecule has 1 saturated heterocycles. The fourth-order valence-electron chi connectivity index (χ4n) is 1.32. The first-order chi connectivity index (χ1) is 7.16. The molecule has 1 aromatic rings. The van der Waals surface area contributed by atoms with Crippen molar-refractivity contribution in [2.75, 3.05) is 0 Å². The Kier molecular flexibility index (Phi) is 2.33. The van der Waals surface area contributed by atoms with Crippen molar-refractivity contribution in [3.8, 4) is 0 Å². The predicted molar refractivity (Wildman–Crippen MR) is 50.1 cm³/mol. The third-order valence-corrected chi connectivity index (χ3v) is 2.04. The van der Waals surface area contributed by atoms with E-state index in [-0.39, 0.29) is 17.6 Å². The highest BCUT2D eigenvalue weighted by atomic mass is 19.1. The normalized spacial score (nSPS) is 18.3. The van der Waals surface area contributed by atoms with E-state index >= 15 is 0 Å². The fourth-order valence-corrected chi connectivity index (χ4v) is 1.32. The molecule has 0 aromatic heterocycles. The molecule has 4 heteroatoms. The molecule has 0 amide bonds. The van der Waals surface area contributed by atoms with Gasteiger partial charge in [-0.3, -0.25) is 4.79 Å². The van der Waals surface area contributed by atoms with Gasteiger partial charge in [-0.1, -0.05) is 18.2 Å². The minimum atomic E-state index is -0.691. The van der Waals surface area contributed by atoms with Crippen molar-refractivity contribution in [3.63, 3.8) is 0 Å². The van der Waals surface area contributed by atoms with Crippen LogP contribution in [0.1, 0.15) is 12.0 Å². The second-order valence-electron chi connectivity index (χ2n) is 3.13. The predicted octanol–water partition coefficient (Wildman–Crippen LogP) is 1.68.